The third kappa shape index (κ3) is 6.73. The third-order valence-electron chi connectivity index (χ3n) is 6.03. The molecule has 1 N–H and O–H groups in total. The van der Waals surface area contributed by atoms with Crippen molar-refractivity contribution in [3.05, 3.63) is 80.4 Å². The van der Waals surface area contributed by atoms with Crippen molar-refractivity contribution in [1.82, 2.24) is 3.71 Å². The highest BCUT2D eigenvalue weighted by atomic mass is 32.3. The molecule has 0 aliphatic heterocycles. The van der Waals surface area contributed by atoms with Crippen LogP contribution in [0.4, 0.5) is 11.4 Å². The van der Waals surface area contributed by atoms with Gasteiger partial charge in [0.25, 0.3) is 31.4 Å². The number of rotatable bonds is 10. The van der Waals surface area contributed by atoms with Gasteiger partial charge < -0.3 is 14.6 Å². The normalized spacial score (nSPS) is 19.2. The van der Waals surface area contributed by atoms with Gasteiger partial charge in [-0.05, 0) is 36.8 Å². The van der Waals surface area contributed by atoms with Crippen molar-refractivity contribution >= 4 is 43.4 Å². The van der Waals surface area contributed by atoms with Crippen LogP contribution in [0, 0.1) is 26.1 Å². The molecule has 0 spiro atoms. The molecule has 0 radical (unpaired) electrons. The van der Waals surface area contributed by atoms with E-state index in [2.05, 4.69) is 4.74 Å². The summed E-state index contributed by atoms with van der Waals surface area (Å²) in [6.07, 6.45) is -2.44. The summed E-state index contributed by atoms with van der Waals surface area (Å²) >= 11 is 0. The molecule has 1 aliphatic carbocycles. The van der Waals surface area contributed by atoms with Crippen LogP contribution in [0.2, 0.25) is 0 Å². The first-order chi connectivity index (χ1) is 19.1. The summed E-state index contributed by atoms with van der Waals surface area (Å²) in [7, 11) is -9.05. The molecule has 0 heterocycles. The number of methoxy groups -OCH3 is 1. The second kappa shape index (κ2) is 12.1. The molecular formula is C23H23N3O13S2. The summed E-state index contributed by atoms with van der Waals surface area (Å²) in [4.78, 5) is 43.0. The molecule has 0 aromatic heterocycles. The third-order valence-corrected chi connectivity index (χ3v) is 10.3. The van der Waals surface area contributed by atoms with E-state index in [0.717, 1.165) is 68.6 Å². The van der Waals surface area contributed by atoms with Crippen LogP contribution in [0.5, 0.6) is 0 Å². The Morgan fingerprint density at radius 1 is 0.927 bits per heavy atom. The SMILES string of the molecule is COC(=O)C1=C[C@@H](OC(C)=O)[C@@H](O)[C@H](CN(S(=O)(=O)c2ccc([N+](=O)[O-])cc2)S(=O)(=O)c2ccc([N+](=O)[O-])cc2)C1. The number of hydrogen-bond donors (Lipinski definition) is 1. The Hall–Kier alpha value is -4.26. The van der Waals surface area contributed by atoms with Crippen LogP contribution in [0.1, 0.15) is 13.3 Å². The van der Waals surface area contributed by atoms with Gasteiger partial charge in [-0.25, -0.2) is 21.6 Å². The maximum absolute atomic E-state index is 13.7. The Kier molecular flexibility index (Phi) is 9.22. The fraction of sp³-hybridized carbons (Fsp3) is 0.304. The molecule has 0 saturated carbocycles. The number of hydrogen-bond acceptors (Lipinski definition) is 13. The molecule has 2 aromatic rings. The largest absolute Gasteiger partial charge is 0.466 e. The molecular weight excluding hydrogens is 590 g/mol. The molecule has 0 amide bonds. The molecule has 220 valence electrons. The number of nitro benzene ring substituents is 2. The molecule has 0 unspecified atom stereocenters. The summed E-state index contributed by atoms with van der Waals surface area (Å²) in [5.74, 6) is -3.12. The number of benzene rings is 2. The summed E-state index contributed by atoms with van der Waals surface area (Å²) in [6.45, 7) is 0.0261. The van der Waals surface area contributed by atoms with Crippen molar-refractivity contribution in [3.63, 3.8) is 0 Å². The van der Waals surface area contributed by atoms with E-state index in [1.165, 1.54) is 0 Å². The van der Waals surface area contributed by atoms with Crippen molar-refractivity contribution < 1.29 is 50.9 Å². The van der Waals surface area contributed by atoms with Crippen molar-refractivity contribution in [2.24, 2.45) is 5.92 Å². The molecule has 0 bridgehead atoms. The topological polar surface area (TPSA) is 231 Å². The van der Waals surface area contributed by atoms with E-state index in [0.29, 0.717) is 0 Å². The van der Waals surface area contributed by atoms with E-state index in [9.17, 15) is 51.8 Å². The Labute approximate surface area is 233 Å². The number of nitro groups is 2. The average Bonchev–Trinajstić information content (AvgIpc) is 2.92. The number of nitrogens with zero attached hydrogens (tertiary/aromatic N) is 3. The fourth-order valence-corrected chi connectivity index (χ4v) is 7.77. The number of aliphatic hydroxyl groups is 1. The number of esters is 2. The number of ether oxygens (including phenoxy) is 2. The van der Waals surface area contributed by atoms with E-state index in [1.54, 1.807) is 0 Å². The van der Waals surface area contributed by atoms with Gasteiger partial charge in [-0.1, -0.05) is 3.71 Å². The molecule has 3 atom stereocenters. The van der Waals surface area contributed by atoms with Gasteiger partial charge in [0.05, 0.1) is 32.9 Å². The number of carbonyl (C=O) groups excluding carboxylic acids is 2. The molecule has 18 heteroatoms. The first kappa shape index (κ1) is 31.3. The second-order valence-corrected chi connectivity index (χ2v) is 12.6. The zero-order valence-electron chi connectivity index (χ0n) is 21.3. The molecule has 1 aliphatic rings. The zero-order valence-corrected chi connectivity index (χ0v) is 23.0. The molecule has 41 heavy (non-hydrogen) atoms. The van der Waals surface area contributed by atoms with Crippen molar-refractivity contribution in [2.75, 3.05) is 13.7 Å². The van der Waals surface area contributed by atoms with E-state index >= 15 is 0 Å². The number of non-ortho nitro benzene ring substituents is 2. The van der Waals surface area contributed by atoms with Gasteiger partial charge in [-0.15, -0.1) is 0 Å². The standard InChI is InChI=1S/C23H23N3O13S2/c1-14(27)39-21-12-15(23(29)38-2)11-16(22(21)28)13-24(40(34,35)19-7-3-17(4-8-19)25(30)31)41(36,37)20-9-5-18(6-10-20)26(32)33/h3-10,12,16,21-22,28H,11,13H2,1-2H3/t16-,21+,22-/m0/s1. The number of aliphatic hydroxyl groups excluding tert-OH is 1. The van der Waals surface area contributed by atoms with Crippen LogP contribution in [0.25, 0.3) is 0 Å². The van der Waals surface area contributed by atoms with Crippen LogP contribution in [-0.4, -0.2) is 73.3 Å². The number of sulfonamides is 2. The van der Waals surface area contributed by atoms with Crippen LogP contribution in [0.3, 0.4) is 0 Å². The fourth-order valence-electron chi connectivity index (χ4n) is 4.02. The summed E-state index contributed by atoms with van der Waals surface area (Å²) in [5, 5.41) is 33.0. The lowest BCUT2D eigenvalue weighted by molar-refractivity contribution is -0.385. The Bertz CT molecular complexity index is 1520. The highest BCUT2D eigenvalue weighted by molar-refractivity contribution is 8.04. The minimum absolute atomic E-state index is 0.0151. The van der Waals surface area contributed by atoms with Crippen molar-refractivity contribution in [2.45, 2.75) is 35.3 Å². The minimum atomic E-state index is -5.05. The van der Waals surface area contributed by atoms with Crippen LogP contribution in [-0.2, 0) is 39.1 Å². The highest BCUT2D eigenvalue weighted by Gasteiger charge is 2.44. The Balaban J connectivity index is 2.15. The van der Waals surface area contributed by atoms with Crippen molar-refractivity contribution in [3.8, 4) is 0 Å². The van der Waals surface area contributed by atoms with Crippen LogP contribution >= 0.6 is 0 Å². The molecule has 2 aromatic carbocycles. The van der Waals surface area contributed by atoms with Gasteiger partial charge in [-0.2, -0.15) is 0 Å². The van der Waals surface area contributed by atoms with Gasteiger partial charge in [0.2, 0.25) is 0 Å². The van der Waals surface area contributed by atoms with E-state index < -0.39 is 94.1 Å². The summed E-state index contributed by atoms with van der Waals surface area (Å²) in [6, 6.07) is 6.60. The Morgan fingerprint density at radius 3 is 1.73 bits per heavy atom. The minimum Gasteiger partial charge on any atom is -0.466 e. The lowest BCUT2D eigenvalue weighted by atomic mass is 9.84. The van der Waals surface area contributed by atoms with Gasteiger partial charge >= 0.3 is 11.9 Å². The number of carbonyl (C=O) groups is 2. The van der Waals surface area contributed by atoms with Crippen LogP contribution < -0.4 is 0 Å². The maximum atomic E-state index is 13.7. The van der Waals surface area contributed by atoms with E-state index in [1.807, 2.05) is 0 Å². The molecule has 0 fully saturated rings. The lowest BCUT2D eigenvalue weighted by Gasteiger charge is -2.35. The summed E-state index contributed by atoms with van der Waals surface area (Å²) in [5.41, 5.74) is -1.09. The zero-order chi connectivity index (χ0) is 30.7. The molecule has 3 rings (SSSR count). The van der Waals surface area contributed by atoms with Gasteiger partial charge in [0, 0.05) is 49.2 Å². The second-order valence-electron chi connectivity index (χ2n) is 8.68. The maximum Gasteiger partial charge on any atom is 0.333 e. The predicted molar refractivity (Wildman–Crippen MR) is 137 cm³/mol. The first-order valence-corrected chi connectivity index (χ1v) is 14.4. The van der Waals surface area contributed by atoms with Gasteiger partial charge in [0.15, 0.2) is 0 Å². The van der Waals surface area contributed by atoms with Crippen LogP contribution in [0.15, 0.2) is 70.0 Å². The first-order valence-electron chi connectivity index (χ1n) is 11.5. The van der Waals surface area contributed by atoms with Crippen molar-refractivity contribution in [1.29, 1.82) is 0 Å². The molecule has 0 saturated heterocycles. The van der Waals surface area contributed by atoms with Gasteiger partial charge in [-0.3, -0.25) is 25.0 Å². The molecule has 16 nitrogen and oxygen atoms in total. The van der Waals surface area contributed by atoms with Gasteiger partial charge in [0.1, 0.15) is 6.10 Å². The predicted octanol–water partition coefficient (Wildman–Crippen LogP) is 1.29. The Morgan fingerprint density at radius 2 is 1.37 bits per heavy atom. The highest BCUT2D eigenvalue weighted by Crippen LogP contribution is 2.33. The van der Waals surface area contributed by atoms with E-state index in [-0.39, 0.29) is 9.28 Å². The van der Waals surface area contributed by atoms with E-state index in [4.69, 9.17) is 4.74 Å². The monoisotopic (exact) mass is 613 g/mol. The average molecular weight is 614 g/mol. The lowest BCUT2D eigenvalue weighted by Crippen LogP contribution is -2.48. The summed E-state index contributed by atoms with van der Waals surface area (Å²) < 4.78 is 64.6. The smallest absolute Gasteiger partial charge is 0.333 e. The quantitative estimate of drug-likeness (QED) is 0.226.